The Labute approximate surface area is 96.5 Å². The molecule has 0 saturated carbocycles. The largest absolute Gasteiger partial charge is 0.382 e. The van der Waals surface area contributed by atoms with Gasteiger partial charge in [-0.05, 0) is 38.5 Å². The van der Waals surface area contributed by atoms with Gasteiger partial charge in [-0.25, -0.2) is 0 Å². The van der Waals surface area contributed by atoms with Crippen LogP contribution < -0.4 is 10.2 Å². The lowest BCUT2D eigenvalue weighted by Gasteiger charge is -2.25. The minimum atomic E-state index is -0.359. The van der Waals surface area contributed by atoms with E-state index in [1.807, 2.05) is 40.0 Å². The maximum Gasteiger partial charge on any atom is 0.234 e. The smallest absolute Gasteiger partial charge is 0.234 e. The van der Waals surface area contributed by atoms with Crippen molar-refractivity contribution in [3.05, 3.63) is 23.8 Å². The number of benzene rings is 1. The highest BCUT2D eigenvalue weighted by atomic mass is 16.2. The highest BCUT2D eigenvalue weighted by Gasteiger charge is 2.34. The number of hydrogen-bond acceptors (Lipinski definition) is 2. The van der Waals surface area contributed by atoms with Crippen molar-refractivity contribution in [2.75, 3.05) is 23.8 Å². The summed E-state index contributed by atoms with van der Waals surface area (Å²) in [7, 11) is 1.84. The number of carbonyl (C=O) groups excluding carboxylic acids is 1. The average Bonchev–Trinajstić information content (AvgIpc) is 2.31. The summed E-state index contributed by atoms with van der Waals surface area (Å²) >= 11 is 0. The first-order valence-electron chi connectivity index (χ1n) is 5.54. The molecule has 0 radical (unpaired) electrons. The Bertz CT molecular complexity index is 438. The van der Waals surface area contributed by atoms with E-state index in [0.29, 0.717) is 6.54 Å². The van der Waals surface area contributed by atoms with Crippen LogP contribution in [0.1, 0.15) is 19.4 Å². The predicted octanol–water partition coefficient (Wildman–Crippen LogP) is 2.41. The van der Waals surface area contributed by atoms with E-state index < -0.39 is 0 Å². The van der Waals surface area contributed by atoms with Crippen LogP contribution in [0.2, 0.25) is 0 Å². The van der Waals surface area contributed by atoms with Gasteiger partial charge in [-0.15, -0.1) is 0 Å². The number of fused-ring (bicyclic) bond motifs is 1. The molecule has 2 rings (SSSR count). The fourth-order valence-electron chi connectivity index (χ4n) is 2.02. The van der Waals surface area contributed by atoms with Crippen LogP contribution in [-0.4, -0.2) is 19.5 Å². The number of hydrogen-bond donors (Lipinski definition) is 1. The van der Waals surface area contributed by atoms with Crippen LogP contribution in [0.5, 0.6) is 0 Å². The van der Waals surface area contributed by atoms with Crippen molar-refractivity contribution in [2.45, 2.75) is 20.8 Å². The van der Waals surface area contributed by atoms with E-state index in [1.54, 1.807) is 4.90 Å². The van der Waals surface area contributed by atoms with Gasteiger partial charge in [-0.3, -0.25) is 4.79 Å². The first kappa shape index (κ1) is 11.0. The fourth-order valence-corrected chi connectivity index (χ4v) is 2.02. The zero-order chi connectivity index (χ0) is 11.9. The molecule has 1 aromatic rings. The van der Waals surface area contributed by atoms with Crippen LogP contribution in [0.15, 0.2) is 18.2 Å². The maximum absolute atomic E-state index is 12.2. The lowest BCUT2D eigenvalue weighted by Crippen LogP contribution is -2.40. The van der Waals surface area contributed by atoms with Crippen molar-refractivity contribution in [1.29, 1.82) is 0 Å². The third kappa shape index (κ3) is 1.66. The van der Waals surface area contributed by atoms with Crippen LogP contribution in [0.4, 0.5) is 11.4 Å². The zero-order valence-corrected chi connectivity index (χ0v) is 10.3. The normalized spacial score (nSPS) is 18.8. The van der Waals surface area contributed by atoms with Gasteiger partial charge in [0.25, 0.3) is 0 Å². The van der Waals surface area contributed by atoms with Crippen molar-refractivity contribution < 1.29 is 4.79 Å². The quantitative estimate of drug-likeness (QED) is 0.725. The molecule has 3 nitrogen and oxygen atoms in total. The van der Waals surface area contributed by atoms with Gasteiger partial charge in [0.05, 0.1) is 16.8 Å². The molecule has 0 fully saturated rings. The van der Waals surface area contributed by atoms with Crippen LogP contribution >= 0.6 is 0 Å². The first-order valence-corrected chi connectivity index (χ1v) is 5.54. The summed E-state index contributed by atoms with van der Waals surface area (Å²) in [6.07, 6.45) is 0. The summed E-state index contributed by atoms with van der Waals surface area (Å²) in [6, 6.07) is 6.14. The molecule has 0 atom stereocenters. The van der Waals surface area contributed by atoms with E-state index in [9.17, 15) is 4.79 Å². The molecule has 0 aliphatic carbocycles. The van der Waals surface area contributed by atoms with Gasteiger partial charge in [0.2, 0.25) is 5.91 Å². The van der Waals surface area contributed by atoms with Gasteiger partial charge in [0, 0.05) is 13.6 Å². The summed E-state index contributed by atoms with van der Waals surface area (Å²) < 4.78 is 0. The third-order valence-electron chi connectivity index (χ3n) is 3.12. The molecular weight excluding hydrogens is 200 g/mol. The van der Waals surface area contributed by atoms with Gasteiger partial charge >= 0.3 is 0 Å². The number of carbonyl (C=O) groups is 1. The van der Waals surface area contributed by atoms with E-state index >= 15 is 0 Å². The summed E-state index contributed by atoms with van der Waals surface area (Å²) in [4.78, 5) is 14.0. The summed E-state index contributed by atoms with van der Waals surface area (Å²) in [5.74, 6) is 0.157. The Kier molecular flexibility index (Phi) is 2.41. The van der Waals surface area contributed by atoms with Crippen LogP contribution in [-0.2, 0) is 4.79 Å². The number of anilines is 2. The number of nitrogens with one attached hydrogen (secondary N) is 1. The molecule has 86 valence electrons. The van der Waals surface area contributed by atoms with Crippen LogP contribution in [0.25, 0.3) is 0 Å². The second-order valence-corrected chi connectivity index (χ2v) is 5.12. The second kappa shape index (κ2) is 3.51. The lowest BCUT2D eigenvalue weighted by molar-refractivity contribution is -0.125. The number of aryl methyl sites for hydroxylation is 1. The molecule has 0 unspecified atom stereocenters. The van der Waals surface area contributed by atoms with Crippen molar-refractivity contribution in [2.24, 2.45) is 5.41 Å². The molecule has 1 aliphatic heterocycles. The molecule has 1 amide bonds. The molecule has 16 heavy (non-hydrogen) atoms. The Morgan fingerprint density at radius 3 is 2.75 bits per heavy atom. The Balaban J connectivity index is 2.51. The third-order valence-corrected chi connectivity index (χ3v) is 3.12. The highest BCUT2D eigenvalue weighted by Crippen LogP contribution is 2.33. The number of nitrogens with zero attached hydrogens (tertiary/aromatic N) is 1. The maximum atomic E-state index is 12.2. The van der Waals surface area contributed by atoms with Gasteiger partial charge in [-0.1, -0.05) is 6.07 Å². The topological polar surface area (TPSA) is 32.3 Å². The monoisotopic (exact) mass is 218 g/mol. The molecule has 1 aliphatic rings. The molecule has 0 spiro atoms. The SMILES string of the molecule is Cc1ccc2c(c1)N(C)C(=O)C(C)(C)CN2. The summed E-state index contributed by atoms with van der Waals surface area (Å²) in [5.41, 5.74) is 2.81. The highest BCUT2D eigenvalue weighted by molar-refractivity contribution is 6.01. The molecule has 0 aromatic heterocycles. The number of amides is 1. The second-order valence-electron chi connectivity index (χ2n) is 5.12. The Hall–Kier alpha value is -1.51. The minimum absolute atomic E-state index is 0.157. The number of rotatable bonds is 0. The summed E-state index contributed by atoms with van der Waals surface area (Å²) in [6.45, 7) is 6.65. The van der Waals surface area contributed by atoms with Gasteiger partial charge in [0.15, 0.2) is 0 Å². The van der Waals surface area contributed by atoms with Crippen LogP contribution in [0.3, 0.4) is 0 Å². The van der Waals surface area contributed by atoms with E-state index in [2.05, 4.69) is 11.4 Å². The van der Waals surface area contributed by atoms with E-state index in [-0.39, 0.29) is 11.3 Å². The molecule has 1 N–H and O–H groups in total. The van der Waals surface area contributed by atoms with E-state index in [0.717, 1.165) is 11.4 Å². The molecule has 1 heterocycles. The Morgan fingerprint density at radius 2 is 2.06 bits per heavy atom. The Morgan fingerprint density at radius 1 is 1.38 bits per heavy atom. The van der Waals surface area contributed by atoms with E-state index in [1.165, 1.54) is 5.56 Å². The van der Waals surface area contributed by atoms with Crippen LogP contribution in [0, 0.1) is 12.3 Å². The van der Waals surface area contributed by atoms with Crippen molar-refractivity contribution in [3.8, 4) is 0 Å². The molecule has 0 saturated heterocycles. The van der Waals surface area contributed by atoms with Crippen molar-refractivity contribution in [3.63, 3.8) is 0 Å². The molecule has 3 heteroatoms. The van der Waals surface area contributed by atoms with Gasteiger partial charge < -0.3 is 10.2 Å². The van der Waals surface area contributed by atoms with Gasteiger partial charge in [0.1, 0.15) is 0 Å². The fraction of sp³-hybridized carbons (Fsp3) is 0.462. The van der Waals surface area contributed by atoms with Crippen molar-refractivity contribution >= 4 is 17.3 Å². The standard InChI is InChI=1S/C13H18N2O/c1-9-5-6-10-11(7-9)15(4)12(16)13(2,3)8-14-10/h5-7,14H,8H2,1-4H3. The minimum Gasteiger partial charge on any atom is -0.382 e. The first-order chi connectivity index (χ1) is 7.42. The average molecular weight is 218 g/mol. The predicted molar refractivity (Wildman–Crippen MR) is 66.9 cm³/mol. The molecular formula is C13H18N2O. The van der Waals surface area contributed by atoms with Crippen molar-refractivity contribution in [1.82, 2.24) is 0 Å². The summed E-state index contributed by atoms with van der Waals surface area (Å²) in [5, 5.41) is 3.34. The molecule has 1 aromatic carbocycles. The molecule has 0 bridgehead atoms. The van der Waals surface area contributed by atoms with E-state index in [4.69, 9.17) is 0 Å². The van der Waals surface area contributed by atoms with Gasteiger partial charge in [-0.2, -0.15) is 0 Å². The zero-order valence-electron chi connectivity index (χ0n) is 10.3. The lowest BCUT2D eigenvalue weighted by atomic mass is 9.92.